The monoisotopic (exact) mass is 324 g/mol. The summed E-state index contributed by atoms with van der Waals surface area (Å²) in [5, 5.41) is 9.20. The molecule has 0 aliphatic heterocycles. The zero-order valence-electron chi connectivity index (χ0n) is 12.4. The minimum Gasteiger partial charge on any atom is -0.505 e. The largest absolute Gasteiger partial charge is 0.505 e. The van der Waals surface area contributed by atoms with Gasteiger partial charge in [0.15, 0.2) is 0 Å². The Bertz CT molecular complexity index is 452. The van der Waals surface area contributed by atoms with Gasteiger partial charge in [-0.1, -0.05) is 32.6 Å². The van der Waals surface area contributed by atoms with E-state index in [1.807, 2.05) is 6.92 Å². The number of halogens is 4. The SMILES string of the molecule is CCCCCCCOC(=O)C1=CC(O)=C(F)CC1C(F)(F)F. The molecule has 0 saturated heterocycles. The van der Waals surface area contributed by atoms with Crippen LogP contribution in [-0.2, 0) is 9.53 Å². The number of allylic oxidation sites excluding steroid dienone is 2. The number of unbranched alkanes of at least 4 members (excludes halogenated alkanes) is 4. The second-order valence-corrected chi connectivity index (χ2v) is 5.24. The third-order valence-electron chi connectivity index (χ3n) is 3.44. The predicted octanol–water partition coefficient (Wildman–Crippen LogP) is 4.75. The molecule has 1 atom stereocenters. The average molecular weight is 324 g/mol. The number of alkyl halides is 3. The van der Waals surface area contributed by atoms with E-state index in [2.05, 4.69) is 0 Å². The molecule has 0 heterocycles. The summed E-state index contributed by atoms with van der Waals surface area (Å²) in [5.74, 6) is -5.67. The average Bonchev–Trinajstić information content (AvgIpc) is 2.43. The normalized spacial score (nSPS) is 19.1. The maximum atomic E-state index is 13.2. The molecule has 0 spiro atoms. The van der Waals surface area contributed by atoms with Gasteiger partial charge < -0.3 is 9.84 Å². The fourth-order valence-corrected chi connectivity index (χ4v) is 2.17. The second kappa shape index (κ2) is 8.19. The molecule has 0 aromatic heterocycles. The summed E-state index contributed by atoms with van der Waals surface area (Å²) >= 11 is 0. The van der Waals surface area contributed by atoms with Crippen molar-refractivity contribution in [3.8, 4) is 0 Å². The second-order valence-electron chi connectivity index (χ2n) is 5.24. The fourth-order valence-electron chi connectivity index (χ4n) is 2.17. The molecule has 0 radical (unpaired) electrons. The van der Waals surface area contributed by atoms with E-state index >= 15 is 0 Å². The van der Waals surface area contributed by atoms with E-state index < -0.39 is 41.6 Å². The highest BCUT2D eigenvalue weighted by Gasteiger charge is 2.47. The van der Waals surface area contributed by atoms with Gasteiger partial charge in [-0.05, 0) is 12.5 Å². The van der Waals surface area contributed by atoms with Crippen molar-refractivity contribution in [1.29, 1.82) is 0 Å². The highest BCUT2D eigenvalue weighted by Crippen LogP contribution is 2.41. The number of carbonyl (C=O) groups is 1. The van der Waals surface area contributed by atoms with Gasteiger partial charge >= 0.3 is 12.1 Å². The van der Waals surface area contributed by atoms with E-state index in [0.29, 0.717) is 12.5 Å². The minimum absolute atomic E-state index is 0.0113. The Morgan fingerprint density at radius 2 is 1.95 bits per heavy atom. The smallest absolute Gasteiger partial charge is 0.396 e. The summed E-state index contributed by atoms with van der Waals surface area (Å²) in [6.45, 7) is 2.06. The van der Waals surface area contributed by atoms with Gasteiger partial charge in [-0.15, -0.1) is 0 Å². The van der Waals surface area contributed by atoms with Crippen molar-refractivity contribution < 1.29 is 32.2 Å². The summed E-state index contributed by atoms with van der Waals surface area (Å²) in [7, 11) is 0. The van der Waals surface area contributed by atoms with Crippen LogP contribution >= 0.6 is 0 Å². The van der Waals surface area contributed by atoms with Crippen molar-refractivity contribution >= 4 is 5.97 Å². The van der Waals surface area contributed by atoms with Crippen LogP contribution in [0.3, 0.4) is 0 Å². The molecule has 7 heteroatoms. The molecule has 0 amide bonds. The molecular formula is C15H20F4O3. The predicted molar refractivity (Wildman–Crippen MR) is 72.7 cm³/mol. The number of rotatable bonds is 7. The van der Waals surface area contributed by atoms with Crippen LogP contribution in [0.1, 0.15) is 45.4 Å². The van der Waals surface area contributed by atoms with Gasteiger partial charge in [0.05, 0.1) is 18.1 Å². The number of esters is 1. The number of aliphatic hydroxyl groups excluding tert-OH is 1. The van der Waals surface area contributed by atoms with Gasteiger partial charge in [0, 0.05) is 6.42 Å². The highest BCUT2D eigenvalue weighted by molar-refractivity contribution is 5.90. The molecule has 1 rings (SSSR count). The standard InChI is InChI=1S/C15H20F4O3/c1-2-3-4-5-6-7-22-14(21)10-8-13(20)12(16)9-11(10)15(17,18)19/h8,11,20H,2-7,9H2,1H3. The summed E-state index contributed by atoms with van der Waals surface area (Å²) in [6.07, 6.45) is -0.886. The third-order valence-corrected chi connectivity index (χ3v) is 3.44. The Morgan fingerprint density at radius 3 is 2.55 bits per heavy atom. The molecule has 0 aromatic carbocycles. The molecule has 0 aromatic rings. The Kier molecular flexibility index (Phi) is 6.90. The lowest BCUT2D eigenvalue weighted by Gasteiger charge is -2.24. The van der Waals surface area contributed by atoms with Gasteiger partial charge in [0.2, 0.25) is 0 Å². The molecule has 0 fully saturated rings. The van der Waals surface area contributed by atoms with E-state index in [9.17, 15) is 27.5 Å². The zero-order valence-corrected chi connectivity index (χ0v) is 12.4. The van der Waals surface area contributed by atoms with Gasteiger partial charge in [-0.2, -0.15) is 13.2 Å². The molecule has 126 valence electrons. The van der Waals surface area contributed by atoms with Crippen molar-refractivity contribution in [3.05, 3.63) is 23.2 Å². The first-order valence-electron chi connectivity index (χ1n) is 7.30. The number of carbonyl (C=O) groups excluding carboxylic acids is 1. The van der Waals surface area contributed by atoms with Crippen LogP contribution in [-0.4, -0.2) is 23.9 Å². The van der Waals surface area contributed by atoms with E-state index in [1.54, 1.807) is 0 Å². The molecular weight excluding hydrogens is 304 g/mol. The van der Waals surface area contributed by atoms with Crippen molar-refractivity contribution in [2.75, 3.05) is 6.61 Å². The van der Waals surface area contributed by atoms with Crippen LogP contribution in [0.4, 0.5) is 17.6 Å². The lowest BCUT2D eigenvalue weighted by Crippen LogP contribution is -2.31. The van der Waals surface area contributed by atoms with Crippen molar-refractivity contribution in [2.24, 2.45) is 5.92 Å². The van der Waals surface area contributed by atoms with E-state index in [0.717, 1.165) is 25.7 Å². The molecule has 1 unspecified atom stereocenters. The Morgan fingerprint density at radius 1 is 1.32 bits per heavy atom. The van der Waals surface area contributed by atoms with Gasteiger partial charge in [0.25, 0.3) is 0 Å². The third kappa shape index (κ3) is 5.35. The quantitative estimate of drug-likeness (QED) is 0.418. The fraction of sp³-hybridized carbons (Fsp3) is 0.667. The van der Waals surface area contributed by atoms with Crippen LogP contribution in [0.15, 0.2) is 23.2 Å². The van der Waals surface area contributed by atoms with Gasteiger partial charge in [0.1, 0.15) is 11.6 Å². The number of ether oxygens (including phenoxy) is 1. The first-order valence-corrected chi connectivity index (χ1v) is 7.30. The molecule has 0 bridgehead atoms. The van der Waals surface area contributed by atoms with Crippen LogP contribution < -0.4 is 0 Å². The van der Waals surface area contributed by atoms with Gasteiger partial charge in [-0.25, -0.2) is 9.18 Å². The lowest BCUT2D eigenvalue weighted by molar-refractivity contribution is -0.172. The molecule has 0 saturated carbocycles. The van der Waals surface area contributed by atoms with Crippen LogP contribution in [0.25, 0.3) is 0 Å². The lowest BCUT2D eigenvalue weighted by atomic mass is 9.89. The maximum Gasteiger partial charge on any atom is 0.396 e. The van der Waals surface area contributed by atoms with E-state index in [-0.39, 0.29) is 6.61 Å². The number of hydrogen-bond acceptors (Lipinski definition) is 3. The molecule has 1 N–H and O–H groups in total. The zero-order chi connectivity index (χ0) is 16.8. The topological polar surface area (TPSA) is 46.5 Å². The Hall–Kier alpha value is -1.53. The summed E-state index contributed by atoms with van der Waals surface area (Å²) in [6, 6.07) is 0. The number of aliphatic hydroxyl groups is 1. The Balaban J connectivity index is 2.62. The van der Waals surface area contributed by atoms with Crippen LogP contribution in [0.2, 0.25) is 0 Å². The summed E-state index contributed by atoms with van der Waals surface area (Å²) < 4.78 is 56.5. The Labute approximate surface area is 126 Å². The minimum atomic E-state index is -4.77. The molecule has 22 heavy (non-hydrogen) atoms. The van der Waals surface area contributed by atoms with Crippen molar-refractivity contribution in [3.63, 3.8) is 0 Å². The highest BCUT2D eigenvalue weighted by atomic mass is 19.4. The van der Waals surface area contributed by atoms with Crippen molar-refractivity contribution in [2.45, 2.75) is 51.6 Å². The van der Waals surface area contributed by atoms with Crippen molar-refractivity contribution in [1.82, 2.24) is 0 Å². The first kappa shape index (κ1) is 18.5. The molecule has 3 nitrogen and oxygen atoms in total. The van der Waals surface area contributed by atoms with E-state index in [1.165, 1.54) is 0 Å². The maximum absolute atomic E-state index is 13.2. The molecule has 1 aliphatic rings. The van der Waals surface area contributed by atoms with Crippen LogP contribution in [0, 0.1) is 5.92 Å². The summed E-state index contributed by atoms with van der Waals surface area (Å²) in [4.78, 5) is 11.7. The summed E-state index contributed by atoms with van der Waals surface area (Å²) in [5.41, 5.74) is -0.750. The number of hydrogen-bond donors (Lipinski definition) is 1. The first-order chi connectivity index (χ1) is 10.3. The van der Waals surface area contributed by atoms with Crippen LogP contribution in [0.5, 0.6) is 0 Å². The molecule has 1 aliphatic carbocycles. The van der Waals surface area contributed by atoms with Gasteiger partial charge in [-0.3, -0.25) is 0 Å². The van der Waals surface area contributed by atoms with E-state index in [4.69, 9.17) is 4.74 Å².